The lowest BCUT2D eigenvalue weighted by atomic mass is 9.81. The number of imide groups is 1. The van der Waals surface area contributed by atoms with Crippen LogP contribution in [0.25, 0.3) is 0 Å². The summed E-state index contributed by atoms with van der Waals surface area (Å²) >= 11 is 0. The molecule has 1 saturated carbocycles. The molecule has 128 valence electrons. The molecule has 0 radical (unpaired) electrons. The Hall–Kier alpha value is -2.31. The van der Waals surface area contributed by atoms with Gasteiger partial charge in [-0.3, -0.25) is 19.3 Å². The van der Waals surface area contributed by atoms with E-state index in [-0.39, 0.29) is 42.3 Å². The molecule has 0 bridgehead atoms. The maximum Gasteiger partial charge on any atom is 0.233 e. The highest BCUT2D eigenvalue weighted by molar-refractivity contribution is 6.05. The first-order chi connectivity index (χ1) is 11.5. The van der Waals surface area contributed by atoms with Crippen molar-refractivity contribution >= 4 is 23.4 Å². The van der Waals surface area contributed by atoms with E-state index in [1.54, 1.807) is 0 Å². The number of fused-ring (bicyclic) bond motifs is 1. The van der Waals surface area contributed by atoms with Crippen molar-refractivity contribution in [2.75, 3.05) is 11.9 Å². The SMILES string of the molecule is O=C(CCN1C(=O)C2CCCCC2C1=O)Nc1ccc(F)cc1F. The van der Waals surface area contributed by atoms with Crippen molar-refractivity contribution in [3.05, 3.63) is 29.8 Å². The van der Waals surface area contributed by atoms with E-state index in [1.807, 2.05) is 0 Å². The molecule has 2 unspecified atom stereocenters. The van der Waals surface area contributed by atoms with Crippen molar-refractivity contribution in [1.82, 2.24) is 4.90 Å². The van der Waals surface area contributed by atoms with Crippen molar-refractivity contribution in [2.24, 2.45) is 11.8 Å². The topological polar surface area (TPSA) is 66.5 Å². The number of carbonyl (C=O) groups is 3. The van der Waals surface area contributed by atoms with Gasteiger partial charge in [-0.15, -0.1) is 0 Å². The van der Waals surface area contributed by atoms with Gasteiger partial charge >= 0.3 is 0 Å². The summed E-state index contributed by atoms with van der Waals surface area (Å²) in [5.74, 6) is -3.04. The molecular formula is C17H18F2N2O3. The smallest absolute Gasteiger partial charge is 0.233 e. The summed E-state index contributed by atoms with van der Waals surface area (Å²) < 4.78 is 26.3. The van der Waals surface area contributed by atoms with Gasteiger partial charge in [0.05, 0.1) is 17.5 Å². The standard InChI is InChI=1S/C17H18F2N2O3/c18-10-5-6-14(13(19)9-10)20-15(22)7-8-21-16(23)11-3-1-2-4-12(11)17(21)24/h5-6,9,11-12H,1-4,7-8H2,(H,20,22). The minimum Gasteiger partial charge on any atom is -0.324 e. The molecule has 2 atom stereocenters. The second-order valence-electron chi connectivity index (χ2n) is 6.25. The van der Waals surface area contributed by atoms with E-state index in [0.717, 1.165) is 42.7 Å². The van der Waals surface area contributed by atoms with Crippen LogP contribution in [0.3, 0.4) is 0 Å². The number of nitrogens with zero attached hydrogens (tertiary/aromatic N) is 1. The number of amides is 3. The van der Waals surface area contributed by atoms with Crippen LogP contribution in [-0.4, -0.2) is 29.2 Å². The first-order valence-corrected chi connectivity index (χ1v) is 8.07. The molecule has 1 aliphatic heterocycles. The van der Waals surface area contributed by atoms with Crippen LogP contribution in [0.2, 0.25) is 0 Å². The average Bonchev–Trinajstić information content (AvgIpc) is 2.80. The van der Waals surface area contributed by atoms with Crippen molar-refractivity contribution in [3.63, 3.8) is 0 Å². The molecule has 5 nitrogen and oxygen atoms in total. The molecule has 1 heterocycles. The van der Waals surface area contributed by atoms with Gasteiger partial charge in [-0.2, -0.15) is 0 Å². The minimum atomic E-state index is -0.873. The molecule has 2 fully saturated rings. The van der Waals surface area contributed by atoms with Crippen molar-refractivity contribution < 1.29 is 23.2 Å². The Morgan fingerprint density at radius 3 is 2.33 bits per heavy atom. The van der Waals surface area contributed by atoms with Crippen molar-refractivity contribution in [3.8, 4) is 0 Å². The number of halogens is 2. The summed E-state index contributed by atoms with van der Waals surface area (Å²) in [5, 5.41) is 2.32. The Bertz CT molecular complexity index is 668. The average molecular weight is 336 g/mol. The van der Waals surface area contributed by atoms with Gasteiger partial charge in [0, 0.05) is 19.0 Å². The molecule has 0 aromatic heterocycles. The van der Waals surface area contributed by atoms with E-state index in [4.69, 9.17) is 0 Å². The highest BCUT2D eigenvalue weighted by Crippen LogP contribution is 2.37. The Labute approximate surface area is 138 Å². The fourth-order valence-corrected chi connectivity index (χ4v) is 3.47. The largest absolute Gasteiger partial charge is 0.324 e. The fourth-order valence-electron chi connectivity index (χ4n) is 3.47. The third kappa shape index (κ3) is 3.16. The minimum absolute atomic E-state index is 0.0146. The summed E-state index contributed by atoms with van der Waals surface area (Å²) in [4.78, 5) is 37.6. The van der Waals surface area contributed by atoms with Gasteiger partial charge in [-0.1, -0.05) is 12.8 Å². The second kappa shape index (κ2) is 6.67. The molecule has 3 rings (SSSR count). The van der Waals surface area contributed by atoms with Crippen LogP contribution in [0.4, 0.5) is 14.5 Å². The van der Waals surface area contributed by atoms with Gasteiger partial charge in [0.1, 0.15) is 11.6 Å². The number of nitrogens with one attached hydrogen (secondary N) is 1. The number of rotatable bonds is 4. The number of likely N-dealkylation sites (tertiary alicyclic amines) is 1. The zero-order valence-electron chi connectivity index (χ0n) is 13.1. The molecule has 24 heavy (non-hydrogen) atoms. The third-order valence-electron chi connectivity index (χ3n) is 4.70. The summed E-state index contributed by atoms with van der Waals surface area (Å²) in [6.07, 6.45) is 3.21. The van der Waals surface area contributed by atoms with Crippen LogP contribution in [-0.2, 0) is 14.4 Å². The highest BCUT2D eigenvalue weighted by atomic mass is 19.1. The van der Waals surface area contributed by atoms with Gasteiger partial charge in [0.25, 0.3) is 0 Å². The van der Waals surface area contributed by atoms with Crippen molar-refractivity contribution in [1.29, 1.82) is 0 Å². The molecule has 1 aliphatic carbocycles. The van der Waals surface area contributed by atoms with E-state index < -0.39 is 17.5 Å². The Morgan fingerprint density at radius 1 is 1.12 bits per heavy atom. The van der Waals surface area contributed by atoms with Gasteiger partial charge in [0.15, 0.2) is 0 Å². The van der Waals surface area contributed by atoms with E-state index >= 15 is 0 Å². The number of hydrogen-bond acceptors (Lipinski definition) is 3. The summed E-state index contributed by atoms with van der Waals surface area (Å²) in [6.45, 7) is -0.0146. The van der Waals surface area contributed by atoms with Crippen LogP contribution in [0, 0.1) is 23.5 Å². The molecule has 7 heteroatoms. The van der Waals surface area contributed by atoms with Crippen LogP contribution >= 0.6 is 0 Å². The summed E-state index contributed by atoms with van der Waals surface area (Å²) in [6, 6.07) is 2.84. The van der Waals surface area contributed by atoms with Crippen LogP contribution in [0.1, 0.15) is 32.1 Å². The lowest BCUT2D eigenvalue weighted by Gasteiger charge is -2.19. The zero-order chi connectivity index (χ0) is 17.3. The fraction of sp³-hybridized carbons (Fsp3) is 0.471. The van der Waals surface area contributed by atoms with Crippen molar-refractivity contribution in [2.45, 2.75) is 32.1 Å². The Morgan fingerprint density at radius 2 is 1.75 bits per heavy atom. The van der Waals surface area contributed by atoms with Gasteiger partial charge in [-0.05, 0) is 25.0 Å². The molecule has 3 amide bonds. The number of carbonyl (C=O) groups excluding carboxylic acids is 3. The first kappa shape index (κ1) is 16.5. The monoisotopic (exact) mass is 336 g/mol. The zero-order valence-corrected chi connectivity index (χ0v) is 13.1. The van der Waals surface area contributed by atoms with Crippen LogP contribution in [0.5, 0.6) is 0 Å². The Kier molecular flexibility index (Phi) is 4.59. The molecule has 1 aromatic carbocycles. The summed E-state index contributed by atoms with van der Waals surface area (Å²) in [5.41, 5.74) is -0.130. The maximum atomic E-state index is 13.5. The molecule has 2 aliphatic rings. The molecule has 1 N–H and O–H groups in total. The quantitative estimate of drug-likeness (QED) is 0.859. The second-order valence-corrected chi connectivity index (χ2v) is 6.25. The lowest BCUT2D eigenvalue weighted by Crippen LogP contribution is -2.34. The molecular weight excluding hydrogens is 318 g/mol. The van der Waals surface area contributed by atoms with E-state index in [9.17, 15) is 23.2 Å². The van der Waals surface area contributed by atoms with Gasteiger partial charge in [0.2, 0.25) is 17.7 Å². The summed E-state index contributed by atoms with van der Waals surface area (Å²) in [7, 11) is 0. The van der Waals surface area contributed by atoms with Gasteiger partial charge < -0.3 is 5.32 Å². The van der Waals surface area contributed by atoms with E-state index in [2.05, 4.69) is 5.32 Å². The van der Waals surface area contributed by atoms with Gasteiger partial charge in [-0.25, -0.2) is 8.78 Å². The predicted molar refractivity (Wildman–Crippen MR) is 81.8 cm³/mol. The lowest BCUT2D eigenvalue weighted by molar-refractivity contribution is -0.140. The molecule has 1 aromatic rings. The van der Waals surface area contributed by atoms with Crippen LogP contribution in [0.15, 0.2) is 18.2 Å². The maximum absolute atomic E-state index is 13.5. The normalized spacial score (nSPS) is 23.3. The third-order valence-corrected chi connectivity index (χ3v) is 4.70. The number of hydrogen-bond donors (Lipinski definition) is 1. The molecule has 0 spiro atoms. The number of anilines is 1. The first-order valence-electron chi connectivity index (χ1n) is 8.07. The van der Waals surface area contributed by atoms with Crippen LogP contribution < -0.4 is 5.32 Å². The molecule has 1 saturated heterocycles. The van der Waals surface area contributed by atoms with E-state index in [0.29, 0.717) is 6.07 Å². The Balaban J connectivity index is 1.58. The predicted octanol–water partition coefficient (Wildman–Crippen LogP) is 2.47. The highest BCUT2D eigenvalue weighted by Gasteiger charge is 2.47. The number of benzene rings is 1. The van der Waals surface area contributed by atoms with E-state index in [1.165, 1.54) is 0 Å².